The van der Waals surface area contributed by atoms with Crippen molar-refractivity contribution < 1.29 is 46.8 Å². The van der Waals surface area contributed by atoms with Gasteiger partial charge in [-0.2, -0.15) is 26.3 Å². The minimum absolute atomic E-state index is 0.0112. The van der Waals surface area contributed by atoms with Crippen LogP contribution in [0.5, 0.6) is 0 Å². The van der Waals surface area contributed by atoms with Gasteiger partial charge in [0.25, 0.3) is 5.60 Å². The van der Waals surface area contributed by atoms with Gasteiger partial charge in [0, 0.05) is 0 Å². The average molecular weight is 585 g/mol. The Bertz CT molecular complexity index is 923. The van der Waals surface area contributed by atoms with Crippen LogP contribution in [0.25, 0.3) is 0 Å². The van der Waals surface area contributed by atoms with Crippen LogP contribution in [0, 0.1) is 22.7 Å². The second-order valence-electron chi connectivity index (χ2n) is 13.9. The molecule has 0 radical (unpaired) electrons. The predicted molar refractivity (Wildman–Crippen MR) is 140 cm³/mol. The Morgan fingerprint density at radius 1 is 0.875 bits per heavy atom. The van der Waals surface area contributed by atoms with E-state index < -0.39 is 58.9 Å². The summed E-state index contributed by atoms with van der Waals surface area (Å²) in [6.07, 6.45) is -5.68. The molecule has 3 saturated carbocycles. The molecule has 3 rings (SSSR count). The van der Waals surface area contributed by atoms with Gasteiger partial charge in [-0.3, -0.25) is 0 Å². The van der Waals surface area contributed by atoms with Gasteiger partial charge in [-0.1, -0.05) is 43.6 Å². The molecule has 2 unspecified atom stereocenters. The van der Waals surface area contributed by atoms with Crippen LogP contribution in [0.15, 0.2) is 23.3 Å². The zero-order valence-electron chi connectivity index (χ0n) is 24.0. The van der Waals surface area contributed by atoms with Crippen molar-refractivity contribution in [3.8, 4) is 0 Å². The van der Waals surface area contributed by atoms with Crippen molar-refractivity contribution in [3.63, 3.8) is 0 Å². The topological polar surface area (TPSA) is 80.9 Å². The maximum atomic E-state index is 13.9. The maximum Gasteiger partial charge on any atom is 0.426 e. The third-order valence-electron chi connectivity index (χ3n) is 10.0. The van der Waals surface area contributed by atoms with Gasteiger partial charge in [-0.05, 0) is 107 Å². The van der Waals surface area contributed by atoms with Gasteiger partial charge in [0.15, 0.2) is 0 Å². The lowest BCUT2D eigenvalue weighted by Crippen LogP contribution is -2.60. The van der Waals surface area contributed by atoms with Crippen molar-refractivity contribution in [1.82, 2.24) is 0 Å². The third-order valence-corrected chi connectivity index (χ3v) is 10.0. The molecule has 0 bridgehead atoms. The first kappa shape index (κ1) is 33.4. The Morgan fingerprint density at radius 2 is 1.45 bits per heavy atom. The van der Waals surface area contributed by atoms with Crippen LogP contribution in [-0.2, 0) is 0 Å². The third kappa shape index (κ3) is 7.09. The van der Waals surface area contributed by atoms with Crippen molar-refractivity contribution in [2.24, 2.45) is 22.7 Å². The summed E-state index contributed by atoms with van der Waals surface area (Å²) in [5, 5.41) is 40.5. The van der Waals surface area contributed by atoms with E-state index in [-0.39, 0.29) is 25.2 Å². The van der Waals surface area contributed by atoms with E-state index in [1.54, 1.807) is 13.8 Å². The summed E-state index contributed by atoms with van der Waals surface area (Å²) in [6, 6.07) is 0. The second-order valence-corrected chi connectivity index (χ2v) is 13.9. The van der Waals surface area contributed by atoms with Crippen LogP contribution >= 0.6 is 0 Å². The molecule has 0 aromatic rings. The zero-order valence-corrected chi connectivity index (χ0v) is 24.0. The molecule has 4 N–H and O–H groups in total. The summed E-state index contributed by atoms with van der Waals surface area (Å²) < 4.78 is 83.3. The van der Waals surface area contributed by atoms with Gasteiger partial charge in [0.05, 0.1) is 17.8 Å². The average Bonchev–Trinajstić information content (AvgIpc) is 3.13. The fourth-order valence-corrected chi connectivity index (χ4v) is 8.17. The summed E-state index contributed by atoms with van der Waals surface area (Å²) in [6.45, 7) is 6.53. The molecule has 3 fully saturated rings. The van der Waals surface area contributed by atoms with Crippen molar-refractivity contribution in [3.05, 3.63) is 23.3 Å². The molecule has 0 heterocycles. The van der Waals surface area contributed by atoms with E-state index in [0.717, 1.165) is 24.0 Å². The minimum atomic E-state index is -5.89. The van der Waals surface area contributed by atoms with Crippen LogP contribution in [0.2, 0.25) is 0 Å². The highest BCUT2D eigenvalue weighted by Gasteiger charge is 2.72. The molecular weight excluding hydrogens is 538 g/mol. The second kappa shape index (κ2) is 11.5. The number of alkyl halides is 6. The van der Waals surface area contributed by atoms with Crippen LogP contribution in [0.3, 0.4) is 0 Å². The summed E-state index contributed by atoms with van der Waals surface area (Å²) >= 11 is 0. The van der Waals surface area contributed by atoms with Crippen molar-refractivity contribution in [2.45, 2.75) is 141 Å². The normalized spacial score (nSPS) is 33.1. The number of aliphatic hydroxyl groups excluding tert-OH is 2. The monoisotopic (exact) mass is 584 g/mol. The summed E-state index contributed by atoms with van der Waals surface area (Å²) in [7, 11) is 0. The number of halogens is 6. The first-order chi connectivity index (χ1) is 18.1. The molecular formula is C30H46F6O4. The molecule has 0 aromatic heterocycles. The molecule has 40 heavy (non-hydrogen) atoms. The van der Waals surface area contributed by atoms with E-state index in [4.69, 9.17) is 0 Å². The zero-order chi connectivity index (χ0) is 30.4. The van der Waals surface area contributed by atoms with Crippen LogP contribution in [0.4, 0.5) is 26.3 Å². The van der Waals surface area contributed by atoms with Gasteiger partial charge in [0.2, 0.25) is 0 Å². The number of allylic oxidation sites excluding steroid dienone is 3. The lowest BCUT2D eigenvalue weighted by Gasteiger charge is -2.51. The summed E-state index contributed by atoms with van der Waals surface area (Å²) in [4.78, 5) is 0. The van der Waals surface area contributed by atoms with E-state index in [2.05, 4.69) is 0 Å². The largest absolute Gasteiger partial charge is 0.426 e. The molecule has 4 nitrogen and oxygen atoms in total. The standard InChI is InChI=1S/C30H46F6O4/c1-25(2,39)12-6-13-26(3,18-28(40,29(31,32)33)30(34,35)36)24-11-10-23-20(7-5-14-27(23,24)4)9-8-19-15-21(37)17-22(38)16-19/h8-9,21-24,37-40H,5-7,10-18H2,1-4H3/b20-9+/t21-,22-,23?,24?,26-,27+/m1/s1. The molecule has 3 aliphatic carbocycles. The van der Waals surface area contributed by atoms with Gasteiger partial charge in [-0.15, -0.1) is 0 Å². The molecule has 0 spiro atoms. The highest BCUT2D eigenvalue weighted by atomic mass is 19.4. The van der Waals surface area contributed by atoms with E-state index in [9.17, 15) is 46.8 Å². The molecule has 0 aromatic carbocycles. The first-order valence-electron chi connectivity index (χ1n) is 14.4. The SMILES string of the molecule is CC(C)(O)CCC[C@](C)(CC(O)(C(F)(F)F)C(F)(F)F)C1CCC2/C(=C/C=C3C[C@@H](O)C[C@H](O)C3)CCC[C@@]21C. The number of rotatable bonds is 8. The molecule has 6 atom stereocenters. The number of aliphatic hydroxyl groups is 4. The Morgan fingerprint density at radius 3 is 1.98 bits per heavy atom. The van der Waals surface area contributed by atoms with Crippen LogP contribution in [-0.4, -0.2) is 56.2 Å². The molecule has 3 aliphatic rings. The Labute approximate surface area is 233 Å². The highest BCUT2D eigenvalue weighted by Crippen LogP contribution is 2.65. The lowest BCUT2D eigenvalue weighted by atomic mass is 9.54. The molecule has 0 amide bonds. The Balaban J connectivity index is 1.97. The maximum absolute atomic E-state index is 13.9. The van der Waals surface area contributed by atoms with Gasteiger partial charge in [-0.25, -0.2) is 0 Å². The smallest absolute Gasteiger partial charge is 0.393 e. The highest BCUT2D eigenvalue weighted by molar-refractivity contribution is 5.27. The van der Waals surface area contributed by atoms with Crippen molar-refractivity contribution >= 4 is 0 Å². The first-order valence-corrected chi connectivity index (χ1v) is 14.4. The van der Waals surface area contributed by atoms with Crippen LogP contribution in [0.1, 0.15) is 105 Å². The van der Waals surface area contributed by atoms with E-state index in [1.807, 2.05) is 19.1 Å². The number of hydrogen-bond donors (Lipinski definition) is 4. The van der Waals surface area contributed by atoms with E-state index in [1.165, 1.54) is 6.92 Å². The number of hydrogen-bond acceptors (Lipinski definition) is 4. The van der Waals surface area contributed by atoms with Crippen LogP contribution < -0.4 is 0 Å². The number of fused-ring (bicyclic) bond motifs is 1. The van der Waals surface area contributed by atoms with E-state index in [0.29, 0.717) is 38.5 Å². The van der Waals surface area contributed by atoms with Crippen molar-refractivity contribution in [1.29, 1.82) is 0 Å². The Hall–Kier alpha value is -1.10. The van der Waals surface area contributed by atoms with Crippen molar-refractivity contribution in [2.75, 3.05) is 0 Å². The Kier molecular flexibility index (Phi) is 9.63. The molecule has 232 valence electrons. The predicted octanol–water partition coefficient (Wildman–Crippen LogP) is 7.15. The molecule has 0 saturated heterocycles. The van der Waals surface area contributed by atoms with Gasteiger partial charge < -0.3 is 20.4 Å². The fraction of sp³-hybridized carbons (Fsp3) is 0.867. The molecule has 0 aliphatic heterocycles. The summed E-state index contributed by atoms with van der Waals surface area (Å²) in [5.41, 5.74) is -6.00. The fourth-order valence-electron chi connectivity index (χ4n) is 8.17. The summed E-state index contributed by atoms with van der Waals surface area (Å²) in [5.74, 6) is -0.530. The van der Waals surface area contributed by atoms with Gasteiger partial charge >= 0.3 is 12.4 Å². The quantitative estimate of drug-likeness (QED) is 0.228. The van der Waals surface area contributed by atoms with Gasteiger partial charge in [0.1, 0.15) is 0 Å². The lowest BCUT2D eigenvalue weighted by molar-refractivity contribution is -0.378. The van der Waals surface area contributed by atoms with E-state index >= 15 is 0 Å². The minimum Gasteiger partial charge on any atom is -0.393 e. The molecule has 10 heteroatoms.